The molecule has 1 aliphatic carbocycles. The highest BCUT2D eigenvalue weighted by atomic mass is 35.5. The minimum absolute atomic E-state index is 0.137. The molecule has 0 fully saturated rings. The SMILES string of the molecule is CCOC(=O)c1c(NC(=O)c2nn(C)cc2Cl)sc2c1CCC(C(C)(C)C)C2. The molecule has 0 saturated carbocycles. The van der Waals surface area contributed by atoms with Gasteiger partial charge in [0.25, 0.3) is 5.91 Å². The quantitative estimate of drug-likeness (QED) is 0.722. The van der Waals surface area contributed by atoms with Gasteiger partial charge in [-0.2, -0.15) is 5.10 Å². The molecule has 3 rings (SSSR count). The number of rotatable bonds is 4. The van der Waals surface area contributed by atoms with Crippen molar-refractivity contribution in [1.29, 1.82) is 0 Å². The molecule has 0 spiro atoms. The lowest BCUT2D eigenvalue weighted by Gasteiger charge is -2.33. The number of hydrogen-bond donors (Lipinski definition) is 1. The number of carbonyl (C=O) groups excluding carboxylic acids is 2. The second-order valence-corrected chi connectivity index (χ2v) is 9.70. The van der Waals surface area contributed by atoms with Crippen molar-refractivity contribution in [3.05, 3.63) is 32.9 Å². The second-order valence-electron chi connectivity index (χ2n) is 8.19. The van der Waals surface area contributed by atoms with Gasteiger partial charge in [-0.05, 0) is 43.1 Å². The summed E-state index contributed by atoms with van der Waals surface area (Å²) in [5, 5.41) is 7.74. The van der Waals surface area contributed by atoms with Crippen molar-refractivity contribution in [2.45, 2.75) is 47.0 Å². The van der Waals surface area contributed by atoms with Gasteiger partial charge in [-0.25, -0.2) is 4.79 Å². The number of aromatic nitrogens is 2. The Kier molecular flexibility index (Phi) is 5.87. The van der Waals surface area contributed by atoms with Crippen molar-refractivity contribution in [1.82, 2.24) is 9.78 Å². The first-order valence-electron chi connectivity index (χ1n) is 9.44. The maximum Gasteiger partial charge on any atom is 0.341 e. The highest BCUT2D eigenvalue weighted by molar-refractivity contribution is 7.17. The van der Waals surface area contributed by atoms with E-state index in [0.717, 1.165) is 29.7 Å². The first-order valence-corrected chi connectivity index (χ1v) is 10.6. The molecule has 2 heterocycles. The number of amides is 1. The van der Waals surface area contributed by atoms with Gasteiger partial charge in [-0.15, -0.1) is 11.3 Å². The van der Waals surface area contributed by atoms with E-state index in [-0.39, 0.29) is 22.7 Å². The molecule has 2 aromatic heterocycles. The third-order valence-electron chi connectivity index (χ3n) is 5.20. The number of esters is 1. The number of hydrogen-bond acceptors (Lipinski definition) is 5. The molecule has 0 bridgehead atoms. The summed E-state index contributed by atoms with van der Waals surface area (Å²) in [5.74, 6) is -0.291. The minimum Gasteiger partial charge on any atom is -0.462 e. The number of carbonyl (C=O) groups is 2. The maximum atomic E-state index is 12.7. The van der Waals surface area contributed by atoms with Crippen molar-refractivity contribution in [3.63, 3.8) is 0 Å². The molecule has 152 valence electrons. The van der Waals surface area contributed by atoms with Crippen LogP contribution in [0.4, 0.5) is 5.00 Å². The summed E-state index contributed by atoms with van der Waals surface area (Å²) in [5.41, 5.74) is 1.82. The molecule has 0 saturated heterocycles. The Labute approximate surface area is 174 Å². The third-order valence-corrected chi connectivity index (χ3v) is 6.64. The summed E-state index contributed by atoms with van der Waals surface area (Å²) < 4.78 is 6.76. The summed E-state index contributed by atoms with van der Waals surface area (Å²) in [6.07, 6.45) is 4.29. The monoisotopic (exact) mass is 423 g/mol. The molecule has 2 aromatic rings. The van der Waals surface area contributed by atoms with E-state index in [9.17, 15) is 9.59 Å². The van der Waals surface area contributed by atoms with Crippen LogP contribution in [0.3, 0.4) is 0 Å². The van der Waals surface area contributed by atoms with Crippen LogP contribution in [0, 0.1) is 11.3 Å². The fraction of sp³-hybridized carbons (Fsp3) is 0.550. The van der Waals surface area contributed by atoms with E-state index in [2.05, 4.69) is 31.2 Å². The molecule has 0 aliphatic heterocycles. The Morgan fingerprint density at radius 2 is 2.14 bits per heavy atom. The lowest BCUT2D eigenvalue weighted by atomic mass is 9.72. The molecule has 1 amide bonds. The van der Waals surface area contributed by atoms with Gasteiger partial charge in [0.1, 0.15) is 5.00 Å². The fourth-order valence-corrected chi connectivity index (χ4v) is 5.18. The Hall–Kier alpha value is -1.86. The van der Waals surface area contributed by atoms with Gasteiger partial charge in [0.2, 0.25) is 0 Å². The summed E-state index contributed by atoms with van der Waals surface area (Å²) in [6.45, 7) is 8.79. The van der Waals surface area contributed by atoms with Crippen LogP contribution in [0.15, 0.2) is 6.20 Å². The average Bonchev–Trinajstić information content (AvgIpc) is 3.12. The van der Waals surface area contributed by atoms with Crippen LogP contribution in [0.5, 0.6) is 0 Å². The molecule has 1 unspecified atom stereocenters. The standard InChI is InChI=1S/C20H26ClN3O3S/c1-6-27-19(26)15-12-8-7-11(20(2,3)4)9-14(12)28-18(15)22-17(25)16-13(21)10-24(5)23-16/h10-11H,6-9H2,1-5H3,(H,22,25). The van der Waals surface area contributed by atoms with Crippen LogP contribution in [-0.4, -0.2) is 28.3 Å². The lowest BCUT2D eigenvalue weighted by molar-refractivity contribution is 0.0526. The van der Waals surface area contributed by atoms with Crippen molar-refractivity contribution >= 4 is 39.8 Å². The van der Waals surface area contributed by atoms with Crippen LogP contribution < -0.4 is 5.32 Å². The Morgan fingerprint density at radius 1 is 1.43 bits per heavy atom. The number of fused-ring (bicyclic) bond motifs is 1. The fourth-order valence-electron chi connectivity index (χ4n) is 3.61. The van der Waals surface area contributed by atoms with Gasteiger partial charge in [0.05, 0.1) is 17.2 Å². The van der Waals surface area contributed by atoms with Crippen molar-refractivity contribution in [2.24, 2.45) is 18.4 Å². The molecule has 0 radical (unpaired) electrons. The van der Waals surface area contributed by atoms with Gasteiger partial charge in [0.15, 0.2) is 5.69 Å². The molecule has 1 N–H and O–H groups in total. The number of aryl methyl sites for hydroxylation is 1. The molecule has 6 nitrogen and oxygen atoms in total. The molecule has 0 aromatic carbocycles. The van der Waals surface area contributed by atoms with Crippen LogP contribution in [0.1, 0.15) is 65.4 Å². The zero-order chi connectivity index (χ0) is 20.6. The second kappa shape index (κ2) is 7.87. The van der Waals surface area contributed by atoms with E-state index < -0.39 is 11.9 Å². The average molecular weight is 424 g/mol. The maximum absolute atomic E-state index is 12.7. The van der Waals surface area contributed by atoms with Crippen molar-refractivity contribution < 1.29 is 14.3 Å². The summed E-state index contributed by atoms with van der Waals surface area (Å²) in [4.78, 5) is 26.5. The van der Waals surface area contributed by atoms with Gasteiger partial charge in [-0.3, -0.25) is 9.48 Å². The van der Waals surface area contributed by atoms with E-state index in [0.29, 0.717) is 16.5 Å². The van der Waals surface area contributed by atoms with Gasteiger partial charge < -0.3 is 10.1 Å². The zero-order valence-electron chi connectivity index (χ0n) is 16.9. The third kappa shape index (κ3) is 4.10. The molecule has 8 heteroatoms. The molecule has 1 aliphatic rings. The highest BCUT2D eigenvalue weighted by Gasteiger charge is 2.34. The van der Waals surface area contributed by atoms with E-state index in [4.69, 9.17) is 16.3 Å². The summed E-state index contributed by atoms with van der Waals surface area (Å²) in [7, 11) is 1.70. The number of nitrogens with zero attached hydrogens (tertiary/aromatic N) is 2. The Balaban J connectivity index is 1.96. The Morgan fingerprint density at radius 3 is 2.71 bits per heavy atom. The van der Waals surface area contributed by atoms with Gasteiger partial charge >= 0.3 is 5.97 Å². The lowest BCUT2D eigenvalue weighted by Crippen LogP contribution is -2.26. The molecule has 1 atom stereocenters. The summed E-state index contributed by atoms with van der Waals surface area (Å²) >= 11 is 7.56. The smallest absolute Gasteiger partial charge is 0.341 e. The summed E-state index contributed by atoms with van der Waals surface area (Å²) in [6, 6.07) is 0. The van der Waals surface area contributed by atoms with Crippen molar-refractivity contribution in [2.75, 3.05) is 11.9 Å². The number of nitrogens with one attached hydrogen (secondary N) is 1. The predicted octanol–water partition coefficient (Wildman–Crippen LogP) is 4.72. The van der Waals surface area contributed by atoms with Gasteiger partial charge in [-0.1, -0.05) is 32.4 Å². The molecular weight excluding hydrogens is 398 g/mol. The van der Waals surface area contributed by atoms with Crippen LogP contribution in [0.25, 0.3) is 0 Å². The van der Waals surface area contributed by atoms with Crippen LogP contribution in [-0.2, 0) is 24.6 Å². The van der Waals surface area contributed by atoms with E-state index >= 15 is 0 Å². The number of ether oxygens (including phenoxy) is 1. The Bertz CT molecular complexity index is 911. The topological polar surface area (TPSA) is 73.2 Å². The van der Waals surface area contributed by atoms with Gasteiger partial charge in [0, 0.05) is 18.1 Å². The molecule has 28 heavy (non-hydrogen) atoms. The van der Waals surface area contributed by atoms with Crippen molar-refractivity contribution in [3.8, 4) is 0 Å². The number of thiophene rings is 1. The first kappa shape index (κ1) is 20.9. The highest BCUT2D eigenvalue weighted by Crippen LogP contribution is 2.44. The minimum atomic E-state index is -0.429. The number of halogens is 1. The first-order chi connectivity index (χ1) is 13.1. The number of anilines is 1. The predicted molar refractivity (Wildman–Crippen MR) is 111 cm³/mol. The zero-order valence-corrected chi connectivity index (χ0v) is 18.5. The van der Waals surface area contributed by atoms with E-state index in [1.807, 2.05) is 0 Å². The largest absolute Gasteiger partial charge is 0.462 e. The van der Waals surface area contributed by atoms with E-state index in [1.54, 1.807) is 20.2 Å². The van der Waals surface area contributed by atoms with E-state index in [1.165, 1.54) is 16.0 Å². The van der Waals surface area contributed by atoms with Crippen LogP contribution in [0.2, 0.25) is 5.02 Å². The molecular formula is C20H26ClN3O3S. The van der Waals surface area contributed by atoms with Crippen LogP contribution >= 0.6 is 22.9 Å². The normalized spacial score (nSPS) is 16.6.